The Morgan fingerprint density at radius 1 is 1.33 bits per heavy atom. The Balaban J connectivity index is 2.61. The summed E-state index contributed by atoms with van der Waals surface area (Å²) in [4.78, 5) is 22.7. The van der Waals surface area contributed by atoms with Gasteiger partial charge in [-0.2, -0.15) is 0 Å². The number of benzene rings is 1. The summed E-state index contributed by atoms with van der Waals surface area (Å²) < 4.78 is 10.3. The molecule has 1 aromatic rings. The highest BCUT2D eigenvalue weighted by atomic mass is 16.5. The van der Waals surface area contributed by atoms with E-state index in [0.29, 0.717) is 18.2 Å². The van der Waals surface area contributed by atoms with Gasteiger partial charge in [0.1, 0.15) is 17.1 Å². The van der Waals surface area contributed by atoms with Crippen molar-refractivity contribution in [3.05, 3.63) is 23.8 Å². The standard InChI is InChI=1S/C15H21NO5/c1-10(2)6-7-16-14(17)9-21-13-8-11(20-3)4-5-12(13)15(18)19/h4-5,8,10H,6-7,9H2,1-3H3,(H,16,17)(H,18,19). The molecule has 0 saturated heterocycles. The second-order valence-corrected chi connectivity index (χ2v) is 4.99. The molecule has 21 heavy (non-hydrogen) atoms. The number of nitrogens with one attached hydrogen (secondary N) is 1. The van der Waals surface area contributed by atoms with Crippen LogP contribution in [0.25, 0.3) is 0 Å². The number of rotatable bonds is 8. The van der Waals surface area contributed by atoms with Crippen LogP contribution in [-0.2, 0) is 4.79 Å². The van der Waals surface area contributed by atoms with Gasteiger partial charge in [-0.25, -0.2) is 4.79 Å². The van der Waals surface area contributed by atoms with Gasteiger partial charge in [-0.05, 0) is 24.5 Å². The van der Waals surface area contributed by atoms with Gasteiger partial charge in [0.05, 0.1) is 7.11 Å². The molecular weight excluding hydrogens is 274 g/mol. The summed E-state index contributed by atoms with van der Waals surface area (Å²) in [6.07, 6.45) is 0.880. The van der Waals surface area contributed by atoms with Crippen molar-refractivity contribution in [2.24, 2.45) is 5.92 Å². The molecule has 1 aromatic carbocycles. The summed E-state index contributed by atoms with van der Waals surface area (Å²) in [5.41, 5.74) is -0.00854. The SMILES string of the molecule is COc1ccc(C(=O)O)c(OCC(=O)NCCC(C)C)c1. The first-order valence-corrected chi connectivity index (χ1v) is 6.75. The van der Waals surface area contributed by atoms with Crippen molar-refractivity contribution >= 4 is 11.9 Å². The third-order valence-corrected chi connectivity index (χ3v) is 2.82. The Bertz CT molecular complexity index is 499. The molecule has 6 nitrogen and oxygen atoms in total. The van der Waals surface area contributed by atoms with Gasteiger partial charge in [0.2, 0.25) is 0 Å². The third-order valence-electron chi connectivity index (χ3n) is 2.82. The number of carbonyl (C=O) groups is 2. The largest absolute Gasteiger partial charge is 0.497 e. The zero-order valence-corrected chi connectivity index (χ0v) is 12.5. The molecular formula is C15H21NO5. The summed E-state index contributed by atoms with van der Waals surface area (Å²) in [7, 11) is 1.47. The van der Waals surface area contributed by atoms with E-state index in [-0.39, 0.29) is 23.8 Å². The number of carboxylic acid groups (broad SMARTS) is 1. The second-order valence-electron chi connectivity index (χ2n) is 4.99. The van der Waals surface area contributed by atoms with Gasteiger partial charge in [0, 0.05) is 12.6 Å². The maximum absolute atomic E-state index is 11.6. The Morgan fingerprint density at radius 2 is 2.05 bits per heavy atom. The molecule has 0 saturated carbocycles. The monoisotopic (exact) mass is 295 g/mol. The number of amides is 1. The first-order valence-electron chi connectivity index (χ1n) is 6.75. The fourth-order valence-electron chi connectivity index (χ4n) is 1.62. The molecule has 0 unspecified atom stereocenters. The van der Waals surface area contributed by atoms with E-state index in [2.05, 4.69) is 19.2 Å². The maximum Gasteiger partial charge on any atom is 0.339 e. The van der Waals surface area contributed by atoms with Crippen molar-refractivity contribution in [3.63, 3.8) is 0 Å². The van der Waals surface area contributed by atoms with E-state index in [1.165, 1.54) is 25.3 Å². The zero-order valence-electron chi connectivity index (χ0n) is 12.5. The quantitative estimate of drug-likeness (QED) is 0.765. The van der Waals surface area contributed by atoms with Gasteiger partial charge in [-0.3, -0.25) is 4.79 Å². The number of carboxylic acids is 1. The van der Waals surface area contributed by atoms with Gasteiger partial charge < -0.3 is 19.9 Å². The van der Waals surface area contributed by atoms with E-state index in [1.807, 2.05) is 0 Å². The average molecular weight is 295 g/mol. The van der Waals surface area contributed by atoms with Gasteiger partial charge in [-0.15, -0.1) is 0 Å². The zero-order chi connectivity index (χ0) is 15.8. The van der Waals surface area contributed by atoms with Crippen molar-refractivity contribution in [2.75, 3.05) is 20.3 Å². The van der Waals surface area contributed by atoms with Crippen LogP contribution in [0, 0.1) is 5.92 Å². The highest BCUT2D eigenvalue weighted by Crippen LogP contribution is 2.24. The molecule has 0 radical (unpaired) electrons. The van der Waals surface area contributed by atoms with Crippen molar-refractivity contribution in [1.82, 2.24) is 5.32 Å². The molecule has 1 rings (SSSR count). The van der Waals surface area contributed by atoms with Gasteiger partial charge >= 0.3 is 5.97 Å². The predicted molar refractivity (Wildman–Crippen MR) is 77.9 cm³/mol. The Morgan fingerprint density at radius 3 is 2.62 bits per heavy atom. The summed E-state index contributed by atoms with van der Waals surface area (Å²) in [5.74, 6) is -0.318. The lowest BCUT2D eigenvalue weighted by Gasteiger charge is -2.11. The van der Waals surface area contributed by atoms with Crippen LogP contribution in [0.4, 0.5) is 0 Å². The van der Waals surface area contributed by atoms with Crippen LogP contribution in [0.15, 0.2) is 18.2 Å². The molecule has 0 fully saturated rings. The van der Waals surface area contributed by atoms with Crippen molar-refractivity contribution in [3.8, 4) is 11.5 Å². The Labute approximate surface area is 124 Å². The molecule has 0 bridgehead atoms. The molecule has 0 aromatic heterocycles. The minimum Gasteiger partial charge on any atom is -0.497 e. The van der Waals surface area contributed by atoms with E-state index in [0.717, 1.165) is 6.42 Å². The van der Waals surface area contributed by atoms with Crippen LogP contribution in [0.1, 0.15) is 30.6 Å². The molecule has 116 valence electrons. The first kappa shape index (κ1) is 16.8. The lowest BCUT2D eigenvalue weighted by atomic mass is 10.1. The number of methoxy groups -OCH3 is 1. The molecule has 1 amide bonds. The predicted octanol–water partition coefficient (Wildman–Crippen LogP) is 1.93. The van der Waals surface area contributed by atoms with Gasteiger partial charge in [0.15, 0.2) is 6.61 Å². The third kappa shape index (κ3) is 5.72. The fraction of sp³-hybridized carbons (Fsp3) is 0.467. The molecule has 0 spiro atoms. The minimum absolute atomic E-state index is 0.00854. The Hall–Kier alpha value is -2.24. The first-order chi connectivity index (χ1) is 9.93. The van der Waals surface area contributed by atoms with Crippen molar-refractivity contribution in [1.29, 1.82) is 0 Å². The fourth-order valence-corrected chi connectivity index (χ4v) is 1.62. The maximum atomic E-state index is 11.6. The number of ether oxygens (including phenoxy) is 2. The van der Waals surface area contributed by atoms with E-state index in [9.17, 15) is 9.59 Å². The van der Waals surface area contributed by atoms with Crippen LogP contribution in [0.3, 0.4) is 0 Å². The van der Waals surface area contributed by atoms with Gasteiger partial charge in [-0.1, -0.05) is 13.8 Å². The molecule has 0 aliphatic heterocycles. The lowest BCUT2D eigenvalue weighted by Crippen LogP contribution is -2.30. The number of hydrogen-bond acceptors (Lipinski definition) is 4. The average Bonchev–Trinajstić information content (AvgIpc) is 2.44. The van der Waals surface area contributed by atoms with Crippen LogP contribution in [-0.4, -0.2) is 37.2 Å². The van der Waals surface area contributed by atoms with Crippen molar-refractivity contribution < 1.29 is 24.2 Å². The van der Waals surface area contributed by atoms with E-state index in [4.69, 9.17) is 14.6 Å². The van der Waals surface area contributed by atoms with Crippen LogP contribution >= 0.6 is 0 Å². The number of hydrogen-bond donors (Lipinski definition) is 2. The van der Waals surface area contributed by atoms with Crippen molar-refractivity contribution in [2.45, 2.75) is 20.3 Å². The highest BCUT2D eigenvalue weighted by molar-refractivity contribution is 5.91. The summed E-state index contributed by atoms with van der Waals surface area (Å²) in [5, 5.41) is 11.8. The molecule has 0 atom stereocenters. The molecule has 0 heterocycles. The summed E-state index contributed by atoms with van der Waals surface area (Å²) in [6, 6.07) is 4.36. The second kappa shape index (κ2) is 8.14. The topological polar surface area (TPSA) is 84.9 Å². The lowest BCUT2D eigenvalue weighted by molar-refractivity contribution is -0.123. The molecule has 0 aliphatic rings. The van der Waals surface area contributed by atoms with E-state index in [1.54, 1.807) is 0 Å². The smallest absolute Gasteiger partial charge is 0.339 e. The molecule has 2 N–H and O–H groups in total. The molecule has 0 aliphatic carbocycles. The van der Waals surface area contributed by atoms with Crippen LogP contribution in [0.5, 0.6) is 11.5 Å². The molecule has 6 heteroatoms. The highest BCUT2D eigenvalue weighted by Gasteiger charge is 2.14. The minimum atomic E-state index is -1.12. The van der Waals surface area contributed by atoms with Gasteiger partial charge in [0.25, 0.3) is 5.91 Å². The summed E-state index contributed by atoms with van der Waals surface area (Å²) in [6.45, 7) is 4.48. The van der Waals surface area contributed by atoms with E-state index >= 15 is 0 Å². The summed E-state index contributed by atoms with van der Waals surface area (Å²) >= 11 is 0. The number of aromatic carboxylic acids is 1. The number of carbonyl (C=O) groups excluding carboxylic acids is 1. The Kier molecular flexibility index (Phi) is 6.52. The van der Waals surface area contributed by atoms with Crippen LogP contribution in [0.2, 0.25) is 0 Å². The van der Waals surface area contributed by atoms with E-state index < -0.39 is 5.97 Å². The normalized spacial score (nSPS) is 10.3. The van der Waals surface area contributed by atoms with Crippen LogP contribution < -0.4 is 14.8 Å².